The summed E-state index contributed by atoms with van der Waals surface area (Å²) in [6.07, 6.45) is 3.21. The van der Waals surface area contributed by atoms with Gasteiger partial charge in [0.05, 0.1) is 12.1 Å². The molecule has 4 heterocycles. The molecule has 1 aliphatic heterocycles. The fraction of sp³-hybridized carbons (Fsp3) is 0.250. The van der Waals surface area contributed by atoms with Crippen molar-refractivity contribution in [2.45, 2.75) is 0 Å². The molecule has 0 unspecified atom stereocenters. The number of rotatable bonds is 2. The molecule has 0 aliphatic carbocycles. The Balaban J connectivity index is 1.78. The Bertz CT molecular complexity index is 1040. The maximum atomic E-state index is 11.9. The summed E-state index contributed by atoms with van der Waals surface area (Å²) in [5.41, 5.74) is 1.65. The van der Waals surface area contributed by atoms with Crippen LogP contribution in [0.25, 0.3) is 5.65 Å². The minimum atomic E-state index is -0.217. The summed E-state index contributed by atoms with van der Waals surface area (Å²) < 4.78 is 8.43. The summed E-state index contributed by atoms with van der Waals surface area (Å²) in [6.45, 7) is 1.07. The molecule has 0 bridgehead atoms. The zero-order chi connectivity index (χ0) is 17.6. The van der Waals surface area contributed by atoms with Crippen LogP contribution >= 0.6 is 0 Å². The maximum Gasteiger partial charge on any atom is 0.350 e. The Labute approximate surface area is 142 Å². The first kappa shape index (κ1) is 15.2. The lowest BCUT2D eigenvalue weighted by atomic mass is 10.2. The fourth-order valence-corrected chi connectivity index (χ4v) is 2.86. The third-order valence-electron chi connectivity index (χ3n) is 4.12. The minimum absolute atomic E-state index is 0.197. The highest BCUT2D eigenvalue weighted by Crippen LogP contribution is 2.35. The van der Waals surface area contributed by atoms with E-state index in [1.165, 1.54) is 15.3 Å². The Hall–Kier alpha value is -3.36. The van der Waals surface area contributed by atoms with E-state index in [-0.39, 0.29) is 11.6 Å². The number of nitrogens with zero attached hydrogens (tertiary/aromatic N) is 5. The molecule has 0 radical (unpaired) electrons. The fourth-order valence-electron chi connectivity index (χ4n) is 2.86. The molecule has 9 nitrogen and oxygen atoms in total. The highest BCUT2D eigenvalue weighted by atomic mass is 16.5. The van der Waals surface area contributed by atoms with Crippen LogP contribution in [0.3, 0.4) is 0 Å². The van der Waals surface area contributed by atoms with Crippen molar-refractivity contribution in [1.82, 2.24) is 24.5 Å². The Morgan fingerprint density at radius 1 is 1.36 bits per heavy atom. The van der Waals surface area contributed by atoms with E-state index in [1.807, 2.05) is 17.0 Å². The van der Waals surface area contributed by atoms with Crippen molar-refractivity contribution < 1.29 is 9.53 Å². The molecule has 3 aromatic heterocycles. The van der Waals surface area contributed by atoms with Crippen molar-refractivity contribution >= 4 is 23.1 Å². The molecule has 1 aliphatic rings. The quantitative estimate of drug-likeness (QED) is 0.722. The van der Waals surface area contributed by atoms with E-state index in [0.29, 0.717) is 35.9 Å². The first-order valence-electron chi connectivity index (χ1n) is 7.76. The minimum Gasteiger partial charge on any atom is -0.488 e. The Morgan fingerprint density at radius 2 is 2.20 bits per heavy atom. The number of carbonyl (C=O) groups excluding carboxylic acids is 1. The van der Waals surface area contributed by atoms with Crippen LogP contribution in [-0.2, 0) is 7.05 Å². The van der Waals surface area contributed by atoms with Gasteiger partial charge in [-0.1, -0.05) is 0 Å². The van der Waals surface area contributed by atoms with Gasteiger partial charge in [-0.05, 0) is 12.1 Å². The summed E-state index contributed by atoms with van der Waals surface area (Å²) in [5, 5.41) is 6.78. The van der Waals surface area contributed by atoms with Gasteiger partial charge in [-0.2, -0.15) is 5.10 Å². The van der Waals surface area contributed by atoms with E-state index >= 15 is 0 Å². The van der Waals surface area contributed by atoms with Gasteiger partial charge in [-0.3, -0.25) is 9.20 Å². The number of hydrogen-bond acceptors (Lipinski definition) is 6. The number of hydrogen-bond donors (Lipinski definition) is 1. The van der Waals surface area contributed by atoms with Crippen molar-refractivity contribution in [1.29, 1.82) is 0 Å². The molecule has 128 valence electrons. The van der Waals surface area contributed by atoms with Crippen molar-refractivity contribution in [3.8, 4) is 5.75 Å². The molecular weight excluding hydrogens is 324 g/mol. The van der Waals surface area contributed by atoms with Crippen LogP contribution in [0.2, 0.25) is 0 Å². The number of pyridine rings is 2. The third kappa shape index (κ3) is 2.40. The lowest BCUT2D eigenvalue weighted by Crippen LogP contribution is -2.30. The van der Waals surface area contributed by atoms with Crippen LogP contribution < -0.4 is 20.6 Å². The number of nitrogens with one attached hydrogen (secondary N) is 1. The van der Waals surface area contributed by atoms with Crippen LogP contribution in [0.15, 0.2) is 35.4 Å². The molecule has 0 fully saturated rings. The van der Waals surface area contributed by atoms with Gasteiger partial charge in [0.15, 0.2) is 17.2 Å². The lowest BCUT2D eigenvalue weighted by molar-refractivity contribution is 0.0962. The van der Waals surface area contributed by atoms with Gasteiger partial charge in [-0.15, -0.1) is 0 Å². The van der Waals surface area contributed by atoms with E-state index in [2.05, 4.69) is 15.4 Å². The largest absolute Gasteiger partial charge is 0.488 e. The summed E-state index contributed by atoms with van der Waals surface area (Å²) in [4.78, 5) is 30.1. The summed E-state index contributed by atoms with van der Waals surface area (Å²) >= 11 is 0. The van der Waals surface area contributed by atoms with Gasteiger partial charge in [0, 0.05) is 38.2 Å². The summed E-state index contributed by atoms with van der Waals surface area (Å²) in [6, 6.07) is 5.33. The lowest BCUT2D eigenvalue weighted by Gasteiger charge is -2.30. The third-order valence-corrected chi connectivity index (χ3v) is 4.12. The predicted octanol–water partition coefficient (Wildman–Crippen LogP) is 0.318. The van der Waals surface area contributed by atoms with Crippen LogP contribution in [0.4, 0.5) is 11.5 Å². The van der Waals surface area contributed by atoms with Crippen LogP contribution in [-0.4, -0.2) is 45.3 Å². The molecule has 0 spiro atoms. The highest BCUT2D eigenvalue weighted by molar-refractivity contribution is 5.94. The first-order chi connectivity index (χ1) is 12.1. The molecule has 0 atom stereocenters. The van der Waals surface area contributed by atoms with Crippen molar-refractivity contribution in [2.24, 2.45) is 7.05 Å². The van der Waals surface area contributed by atoms with Crippen molar-refractivity contribution in [3.63, 3.8) is 0 Å². The van der Waals surface area contributed by atoms with E-state index in [0.717, 1.165) is 5.69 Å². The standard InChI is InChI=1S/C16H16N6O3/c1-17-15(23)10-7-12-14(18-9-10)21(5-6-25-12)11-3-4-22-13(8-11)19-20(2)16(22)24/h3-4,7-9H,5-6H2,1-2H3,(H,17,23). The summed E-state index contributed by atoms with van der Waals surface area (Å²) in [7, 11) is 3.18. The van der Waals surface area contributed by atoms with Gasteiger partial charge >= 0.3 is 5.69 Å². The maximum absolute atomic E-state index is 11.9. The SMILES string of the molecule is CNC(=O)c1cnc2c(c1)OCCN2c1ccn2c(=O)n(C)nc2c1. The van der Waals surface area contributed by atoms with E-state index in [1.54, 1.807) is 26.4 Å². The van der Waals surface area contributed by atoms with Crippen molar-refractivity contribution in [2.75, 3.05) is 25.1 Å². The van der Waals surface area contributed by atoms with Crippen molar-refractivity contribution in [3.05, 3.63) is 46.6 Å². The molecule has 25 heavy (non-hydrogen) atoms. The molecule has 1 N–H and O–H groups in total. The Morgan fingerprint density at radius 3 is 3.00 bits per heavy atom. The monoisotopic (exact) mass is 340 g/mol. The number of carbonyl (C=O) groups is 1. The number of fused-ring (bicyclic) bond motifs is 2. The van der Waals surface area contributed by atoms with E-state index < -0.39 is 0 Å². The molecule has 3 aromatic rings. The molecule has 0 saturated carbocycles. The number of aryl methyl sites for hydroxylation is 1. The normalized spacial score (nSPS) is 13.4. The number of amides is 1. The second kappa shape index (κ2) is 5.62. The predicted molar refractivity (Wildman–Crippen MR) is 90.6 cm³/mol. The van der Waals surface area contributed by atoms with Gasteiger partial charge in [0.1, 0.15) is 6.61 Å². The van der Waals surface area contributed by atoms with Crippen LogP contribution in [0.5, 0.6) is 5.75 Å². The highest BCUT2D eigenvalue weighted by Gasteiger charge is 2.23. The smallest absolute Gasteiger partial charge is 0.350 e. The number of anilines is 2. The van der Waals surface area contributed by atoms with Gasteiger partial charge < -0.3 is 15.0 Å². The number of ether oxygens (including phenoxy) is 1. The van der Waals surface area contributed by atoms with Crippen LogP contribution in [0.1, 0.15) is 10.4 Å². The van der Waals surface area contributed by atoms with Crippen LogP contribution in [0, 0.1) is 0 Å². The molecule has 1 amide bonds. The zero-order valence-electron chi connectivity index (χ0n) is 13.8. The average Bonchev–Trinajstić information content (AvgIpc) is 2.93. The molecule has 0 aromatic carbocycles. The number of aromatic nitrogens is 4. The van der Waals surface area contributed by atoms with Gasteiger partial charge in [0.25, 0.3) is 5.91 Å². The Kier molecular flexibility index (Phi) is 3.41. The van der Waals surface area contributed by atoms with E-state index in [9.17, 15) is 9.59 Å². The van der Waals surface area contributed by atoms with Gasteiger partial charge in [0.2, 0.25) is 0 Å². The molecule has 9 heteroatoms. The second-order valence-electron chi connectivity index (χ2n) is 5.64. The molecular formula is C16H16N6O3. The van der Waals surface area contributed by atoms with Gasteiger partial charge in [-0.25, -0.2) is 14.5 Å². The average molecular weight is 340 g/mol. The van der Waals surface area contributed by atoms with E-state index in [4.69, 9.17) is 4.74 Å². The second-order valence-corrected chi connectivity index (χ2v) is 5.64. The molecule has 0 saturated heterocycles. The molecule has 4 rings (SSSR count). The topological polar surface area (TPSA) is 93.8 Å². The summed E-state index contributed by atoms with van der Waals surface area (Å²) in [5.74, 6) is 0.956. The first-order valence-corrected chi connectivity index (χ1v) is 7.76. The zero-order valence-corrected chi connectivity index (χ0v) is 13.8.